The molecule has 1 heterocycles. The molecule has 1 aromatic heterocycles. The van der Waals surface area contributed by atoms with Crippen LogP contribution in [-0.2, 0) is 0 Å². The fourth-order valence-electron chi connectivity index (χ4n) is 1.63. The number of nitrogens with one attached hydrogen (secondary N) is 1. The Morgan fingerprint density at radius 2 is 2.50 bits per heavy atom. The number of hydrazine groups is 1. The van der Waals surface area contributed by atoms with Gasteiger partial charge in [0, 0.05) is 11.8 Å². The van der Waals surface area contributed by atoms with Gasteiger partial charge >= 0.3 is 0 Å². The lowest BCUT2D eigenvalue weighted by molar-refractivity contribution is 0.378. The molecule has 16 heavy (non-hydrogen) atoms. The minimum Gasteiger partial charge on any atom is -0.481 e. The molecule has 0 bridgehead atoms. The number of ether oxygens (including phenoxy) is 1. The fraction of sp³-hybridized carbons (Fsp3) is 0.417. The van der Waals surface area contributed by atoms with Crippen molar-refractivity contribution < 1.29 is 4.74 Å². The molecular formula is C12H19N3O. The first-order valence-corrected chi connectivity index (χ1v) is 5.39. The van der Waals surface area contributed by atoms with Crippen LogP contribution in [0.1, 0.15) is 30.9 Å². The summed E-state index contributed by atoms with van der Waals surface area (Å²) in [5.41, 5.74) is 3.79. The number of rotatable bonds is 7. The Morgan fingerprint density at radius 3 is 3.12 bits per heavy atom. The predicted molar refractivity (Wildman–Crippen MR) is 64.9 cm³/mol. The van der Waals surface area contributed by atoms with Crippen LogP contribution in [0.3, 0.4) is 0 Å². The van der Waals surface area contributed by atoms with Crippen molar-refractivity contribution in [3.05, 3.63) is 36.5 Å². The molecule has 0 fully saturated rings. The van der Waals surface area contributed by atoms with E-state index in [2.05, 4.69) is 17.0 Å². The molecule has 1 aromatic rings. The van der Waals surface area contributed by atoms with E-state index in [0.29, 0.717) is 5.88 Å². The SMILES string of the molecule is C=CCCCC(NN)c1cccnc1OC. The largest absolute Gasteiger partial charge is 0.481 e. The topological polar surface area (TPSA) is 60.2 Å². The maximum absolute atomic E-state index is 5.55. The lowest BCUT2D eigenvalue weighted by Gasteiger charge is -2.17. The van der Waals surface area contributed by atoms with Crippen LogP contribution in [0.4, 0.5) is 0 Å². The quantitative estimate of drug-likeness (QED) is 0.320. The van der Waals surface area contributed by atoms with Crippen molar-refractivity contribution >= 4 is 0 Å². The summed E-state index contributed by atoms with van der Waals surface area (Å²) in [6, 6.07) is 3.93. The second-order valence-corrected chi connectivity index (χ2v) is 3.54. The van der Waals surface area contributed by atoms with Crippen LogP contribution in [0.5, 0.6) is 5.88 Å². The molecule has 88 valence electrons. The number of aromatic nitrogens is 1. The minimum atomic E-state index is 0.0728. The summed E-state index contributed by atoms with van der Waals surface area (Å²) < 4.78 is 5.21. The van der Waals surface area contributed by atoms with Gasteiger partial charge in [0.1, 0.15) is 0 Å². The molecule has 0 amide bonds. The Morgan fingerprint density at radius 1 is 1.69 bits per heavy atom. The van der Waals surface area contributed by atoms with Gasteiger partial charge in [0.2, 0.25) is 5.88 Å². The standard InChI is InChI=1S/C12H19N3O/c1-3-4-5-8-11(15-13)10-7-6-9-14-12(10)16-2/h3,6-7,9,11,15H,1,4-5,8,13H2,2H3. The molecule has 0 radical (unpaired) electrons. The maximum atomic E-state index is 5.55. The molecule has 0 saturated carbocycles. The van der Waals surface area contributed by atoms with Crippen molar-refractivity contribution in [2.45, 2.75) is 25.3 Å². The third kappa shape index (κ3) is 3.32. The van der Waals surface area contributed by atoms with Crippen LogP contribution >= 0.6 is 0 Å². The van der Waals surface area contributed by atoms with Gasteiger partial charge in [-0.1, -0.05) is 12.1 Å². The third-order valence-electron chi connectivity index (χ3n) is 2.47. The van der Waals surface area contributed by atoms with E-state index in [1.54, 1.807) is 13.3 Å². The van der Waals surface area contributed by atoms with Crippen LogP contribution in [0, 0.1) is 0 Å². The van der Waals surface area contributed by atoms with Gasteiger partial charge in [0.25, 0.3) is 0 Å². The van der Waals surface area contributed by atoms with Crippen LogP contribution in [-0.4, -0.2) is 12.1 Å². The predicted octanol–water partition coefficient (Wildman–Crippen LogP) is 1.95. The Kier molecular flexibility index (Phi) is 5.53. The molecule has 0 aliphatic carbocycles. The van der Waals surface area contributed by atoms with Crippen molar-refractivity contribution in [2.75, 3.05) is 7.11 Å². The van der Waals surface area contributed by atoms with Crippen molar-refractivity contribution in [1.29, 1.82) is 0 Å². The maximum Gasteiger partial charge on any atom is 0.217 e. The van der Waals surface area contributed by atoms with E-state index < -0.39 is 0 Å². The van der Waals surface area contributed by atoms with Crippen LogP contribution < -0.4 is 16.0 Å². The molecule has 3 N–H and O–H groups in total. The first-order chi connectivity index (χ1) is 7.83. The summed E-state index contributed by atoms with van der Waals surface area (Å²) in [5.74, 6) is 6.18. The normalized spacial score (nSPS) is 12.1. The zero-order valence-corrected chi connectivity index (χ0v) is 9.65. The number of hydrogen-bond acceptors (Lipinski definition) is 4. The van der Waals surface area contributed by atoms with Crippen molar-refractivity contribution in [3.63, 3.8) is 0 Å². The fourth-order valence-corrected chi connectivity index (χ4v) is 1.63. The highest BCUT2D eigenvalue weighted by molar-refractivity contribution is 5.28. The Labute approximate surface area is 96.5 Å². The van der Waals surface area contributed by atoms with Crippen molar-refractivity contribution in [2.24, 2.45) is 5.84 Å². The molecule has 0 spiro atoms. The third-order valence-corrected chi connectivity index (χ3v) is 2.47. The van der Waals surface area contributed by atoms with Gasteiger partial charge in [0.15, 0.2) is 0 Å². The number of allylic oxidation sites excluding steroid dienone is 1. The molecular weight excluding hydrogens is 202 g/mol. The van der Waals surface area contributed by atoms with Crippen molar-refractivity contribution in [1.82, 2.24) is 10.4 Å². The van der Waals surface area contributed by atoms with Gasteiger partial charge in [-0.25, -0.2) is 4.98 Å². The highest BCUT2D eigenvalue weighted by Crippen LogP contribution is 2.25. The highest BCUT2D eigenvalue weighted by Gasteiger charge is 2.14. The zero-order chi connectivity index (χ0) is 11.8. The summed E-state index contributed by atoms with van der Waals surface area (Å²) in [4.78, 5) is 4.16. The van der Waals surface area contributed by atoms with Gasteiger partial charge in [-0.15, -0.1) is 6.58 Å². The average molecular weight is 221 g/mol. The first-order valence-electron chi connectivity index (χ1n) is 5.39. The second-order valence-electron chi connectivity index (χ2n) is 3.54. The summed E-state index contributed by atoms with van der Waals surface area (Å²) in [6.07, 6.45) is 6.58. The van der Waals surface area contributed by atoms with Crippen LogP contribution in [0.2, 0.25) is 0 Å². The molecule has 1 unspecified atom stereocenters. The summed E-state index contributed by atoms with van der Waals surface area (Å²) >= 11 is 0. The number of hydrogen-bond donors (Lipinski definition) is 2. The molecule has 0 aromatic carbocycles. The lowest BCUT2D eigenvalue weighted by atomic mass is 10.0. The summed E-state index contributed by atoms with van der Waals surface area (Å²) in [6.45, 7) is 3.70. The smallest absolute Gasteiger partial charge is 0.217 e. The Hall–Kier alpha value is -1.39. The molecule has 4 nitrogen and oxygen atoms in total. The van der Waals surface area contributed by atoms with Gasteiger partial charge < -0.3 is 4.74 Å². The van der Waals surface area contributed by atoms with Gasteiger partial charge in [-0.2, -0.15) is 0 Å². The van der Waals surface area contributed by atoms with Crippen LogP contribution in [0.15, 0.2) is 31.0 Å². The number of pyridine rings is 1. The van der Waals surface area contributed by atoms with Gasteiger partial charge in [-0.05, 0) is 25.3 Å². The molecule has 1 atom stereocenters. The zero-order valence-electron chi connectivity index (χ0n) is 9.65. The van der Waals surface area contributed by atoms with E-state index in [-0.39, 0.29) is 6.04 Å². The molecule has 0 saturated heterocycles. The second kappa shape index (κ2) is 6.98. The highest BCUT2D eigenvalue weighted by atomic mass is 16.5. The van der Waals surface area contributed by atoms with Gasteiger partial charge in [0.05, 0.1) is 13.2 Å². The van der Waals surface area contributed by atoms with E-state index in [0.717, 1.165) is 24.8 Å². The Bertz CT molecular complexity index is 328. The first kappa shape index (κ1) is 12.7. The molecule has 0 aliphatic rings. The monoisotopic (exact) mass is 221 g/mol. The van der Waals surface area contributed by atoms with E-state index in [1.165, 1.54) is 0 Å². The number of nitrogens with two attached hydrogens (primary N) is 1. The number of nitrogens with zero attached hydrogens (tertiary/aromatic N) is 1. The minimum absolute atomic E-state index is 0.0728. The van der Waals surface area contributed by atoms with E-state index in [1.807, 2.05) is 18.2 Å². The van der Waals surface area contributed by atoms with Crippen LogP contribution in [0.25, 0.3) is 0 Å². The summed E-state index contributed by atoms with van der Waals surface area (Å²) in [5, 5.41) is 0. The number of unbranched alkanes of at least 4 members (excludes halogenated alkanes) is 1. The van der Waals surface area contributed by atoms with Gasteiger partial charge in [-0.3, -0.25) is 11.3 Å². The van der Waals surface area contributed by atoms with E-state index >= 15 is 0 Å². The molecule has 4 heteroatoms. The van der Waals surface area contributed by atoms with E-state index in [4.69, 9.17) is 10.6 Å². The Balaban J connectivity index is 2.73. The average Bonchev–Trinajstić information content (AvgIpc) is 2.35. The molecule has 0 aliphatic heterocycles. The molecule has 1 rings (SSSR count). The summed E-state index contributed by atoms with van der Waals surface area (Å²) in [7, 11) is 1.61. The lowest BCUT2D eigenvalue weighted by Crippen LogP contribution is -2.28. The number of methoxy groups -OCH3 is 1. The van der Waals surface area contributed by atoms with Crippen molar-refractivity contribution in [3.8, 4) is 5.88 Å². The van der Waals surface area contributed by atoms with E-state index in [9.17, 15) is 0 Å².